The number of carbonyl (C=O) groups is 1. The molecule has 0 saturated carbocycles. The smallest absolute Gasteiger partial charge is 0.332 e. The molecule has 0 bridgehead atoms. The lowest BCUT2D eigenvalue weighted by Crippen LogP contribution is -2.35. The van der Waals surface area contributed by atoms with Gasteiger partial charge in [-0.3, -0.25) is 0 Å². The van der Waals surface area contributed by atoms with Crippen LogP contribution in [0, 0.1) is 5.92 Å². The molecular weight excluding hydrogens is 311 g/mol. The fourth-order valence-corrected chi connectivity index (χ4v) is 3.03. The first-order valence-corrected chi connectivity index (χ1v) is 7.79. The van der Waals surface area contributed by atoms with Crippen LogP contribution in [0.1, 0.15) is 24.3 Å². The topological polar surface area (TPSA) is 41.6 Å². The van der Waals surface area contributed by atoms with Crippen LogP contribution in [-0.2, 0) is 9.63 Å². The van der Waals surface area contributed by atoms with Gasteiger partial charge in [0.25, 0.3) is 0 Å². The molecule has 1 aromatic carbocycles. The average Bonchev–Trinajstić information content (AvgIpc) is 2.43. The Hall–Kier alpha value is -0.810. The number of hydroxylamine groups is 2. The van der Waals surface area contributed by atoms with Crippen molar-refractivity contribution in [2.45, 2.75) is 18.8 Å². The highest BCUT2D eigenvalue weighted by Crippen LogP contribution is 2.35. The van der Waals surface area contributed by atoms with E-state index in [0.717, 1.165) is 31.5 Å². The number of nitrogens with zero attached hydrogens (tertiary/aromatic N) is 1. The Kier molecular flexibility index (Phi) is 5.88. The van der Waals surface area contributed by atoms with Gasteiger partial charge in [-0.2, -0.15) is 0 Å². The molecule has 0 spiro atoms. The number of hydrogen-bond donors (Lipinski definition) is 1. The van der Waals surface area contributed by atoms with Gasteiger partial charge >= 0.3 is 5.97 Å². The zero-order chi connectivity index (χ0) is 15.4. The molecule has 21 heavy (non-hydrogen) atoms. The van der Waals surface area contributed by atoms with Crippen molar-refractivity contribution >= 4 is 29.2 Å². The van der Waals surface area contributed by atoms with Crippen molar-refractivity contribution in [3.63, 3.8) is 0 Å². The van der Waals surface area contributed by atoms with Crippen molar-refractivity contribution in [1.29, 1.82) is 0 Å². The average molecular weight is 331 g/mol. The molecule has 1 aliphatic heterocycles. The molecular formula is C15H20Cl2N2O2. The van der Waals surface area contributed by atoms with Crippen molar-refractivity contribution < 1.29 is 9.63 Å². The van der Waals surface area contributed by atoms with Crippen molar-refractivity contribution in [2.24, 2.45) is 5.92 Å². The summed E-state index contributed by atoms with van der Waals surface area (Å²) in [5.74, 6) is -0.314. The number of halogens is 2. The van der Waals surface area contributed by atoms with Crippen LogP contribution >= 0.6 is 23.2 Å². The number of benzene rings is 1. The Morgan fingerprint density at radius 2 is 1.95 bits per heavy atom. The summed E-state index contributed by atoms with van der Waals surface area (Å²) in [7, 11) is 3.40. The summed E-state index contributed by atoms with van der Waals surface area (Å²) in [5.41, 5.74) is 0.864. The fraction of sp³-hybridized carbons (Fsp3) is 0.533. The number of carbonyl (C=O) groups excluding carboxylic acids is 1. The van der Waals surface area contributed by atoms with Gasteiger partial charge in [0.15, 0.2) is 0 Å². The maximum absolute atomic E-state index is 12.5. The molecule has 1 fully saturated rings. The zero-order valence-corrected chi connectivity index (χ0v) is 13.7. The number of hydrogen-bond acceptors (Lipinski definition) is 4. The summed E-state index contributed by atoms with van der Waals surface area (Å²) in [6, 6.07) is 5.36. The van der Waals surface area contributed by atoms with Crippen LogP contribution in [-0.4, -0.2) is 38.2 Å². The molecule has 6 heteroatoms. The highest BCUT2D eigenvalue weighted by atomic mass is 35.5. The van der Waals surface area contributed by atoms with Gasteiger partial charge in [0.05, 0.1) is 16.0 Å². The number of piperidine rings is 1. The summed E-state index contributed by atoms with van der Waals surface area (Å²) in [6.45, 7) is 1.83. The van der Waals surface area contributed by atoms with Gasteiger partial charge in [0.1, 0.15) is 0 Å². The predicted octanol–water partition coefficient (Wildman–Crippen LogP) is 3.10. The van der Waals surface area contributed by atoms with Gasteiger partial charge in [-0.1, -0.05) is 29.3 Å². The largest absolute Gasteiger partial charge is 0.368 e. The molecule has 0 amide bonds. The molecule has 1 atom stereocenters. The normalized spacial score (nSPS) is 17.8. The van der Waals surface area contributed by atoms with E-state index in [4.69, 9.17) is 28.0 Å². The number of rotatable bonds is 4. The minimum absolute atomic E-state index is 0.245. The molecule has 1 saturated heterocycles. The van der Waals surface area contributed by atoms with Crippen LogP contribution < -0.4 is 5.32 Å². The third kappa shape index (κ3) is 4.33. The van der Waals surface area contributed by atoms with Crippen LogP contribution in [0.2, 0.25) is 10.0 Å². The molecule has 2 rings (SSSR count). The van der Waals surface area contributed by atoms with Crippen molar-refractivity contribution in [3.05, 3.63) is 33.8 Å². The van der Waals surface area contributed by atoms with E-state index >= 15 is 0 Å². The molecule has 1 heterocycles. The third-order valence-electron chi connectivity index (χ3n) is 3.68. The second-order valence-electron chi connectivity index (χ2n) is 5.46. The van der Waals surface area contributed by atoms with E-state index < -0.39 is 0 Å². The monoisotopic (exact) mass is 330 g/mol. The Morgan fingerprint density at radius 3 is 2.52 bits per heavy atom. The third-order valence-corrected chi connectivity index (χ3v) is 4.42. The molecule has 1 N–H and O–H groups in total. The quantitative estimate of drug-likeness (QED) is 0.861. The van der Waals surface area contributed by atoms with Gasteiger partial charge in [-0.25, -0.2) is 4.79 Å². The van der Waals surface area contributed by atoms with E-state index in [1.165, 1.54) is 5.06 Å². The van der Waals surface area contributed by atoms with Gasteiger partial charge in [-0.15, -0.1) is 5.06 Å². The van der Waals surface area contributed by atoms with Crippen molar-refractivity contribution in [1.82, 2.24) is 10.4 Å². The lowest BCUT2D eigenvalue weighted by atomic mass is 9.80. The lowest BCUT2D eigenvalue weighted by molar-refractivity contribution is -0.182. The van der Waals surface area contributed by atoms with E-state index in [0.29, 0.717) is 10.0 Å². The van der Waals surface area contributed by atoms with Crippen molar-refractivity contribution in [3.8, 4) is 0 Å². The van der Waals surface area contributed by atoms with Gasteiger partial charge in [-0.05, 0) is 49.5 Å². The Morgan fingerprint density at radius 1 is 1.29 bits per heavy atom. The SMILES string of the molecule is CN(C)OC(=O)C(c1ccc(Cl)c(Cl)c1)C1CCNCC1. The molecule has 0 radical (unpaired) electrons. The highest BCUT2D eigenvalue weighted by Gasteiger charge is 2.33. The van der Waals surface area contributed by atoms with Crippen LogP contribution in [0.15, 0.2) is 18.2 Å². The molecule has 116 valence electrons. The van der Waals surface area contributed by atoms with Crippen molar-refractivity contribution in [2.75, 3.05) is 27.2 Å². The first-order chi connectivity index (χ1) is 9.99. The molecule has 1 aromatic rings. The molecule has 1 unspecified atom stereocenters. The summed E-state index contributed by atoms with van der Waals surface area (Å²) >= 11 is 12.1. The fourth-order valence-electron chi connectivity index (χ4n) is 2.72. The van der Waals surface area contributed by atoms with E-state index in [9.17, 15) is 4.79 Å². The second-order valence-corrected chi connectivity index (χ2v) is 6.28. The van der Waals surface area contributed by atoms with Gasteiger partial charge in [0, 0.05) is 14.1 Å². The first-order valence-electron chi connectivity index (χ1n) is 7.04. The lowest BCUT2D eigenvalue weighted by Gasteiger charge is -2.30. The summed E-state index contributed by atoms with van der Waals surface area (Å²) < 4.78 is 0. The number of nitrogens with one attached hydrogen (secondary N) is 1. The zero-order valence-electron chi connectivity index (χ0n) is 12.2. The summed E-state index contributed by atoms with van der Waals surface area (Å²) in [5, 5.41) is 5.69. The Bertz CT molecular complexity index is 502. The maximum atomic E-state index is 12.5. The van der Waals surface area contributed by atoms with Gasteiger partial charge in [0.2, 0.25) is 0 Å². The second kappa shape index (κ2) is 7.45. The molecule has 0 aromatic heterocycles. The predicted molar refractivity (Wildman–Crippen MR) is 84.6 cm³/mol. The maximum Gasteiger partial charge on any atom is 0.332 e. The Balaban J connectivity index is 2.29. The van der Waals surface area contributed by atoms with Crippen LogP contribution in [0.5, 0.6) is 0 Å². The summed E-state index contributed by atoms with van der Waals surface area (Å²) in [4.78, 5) is 17.8. The summed E-state index contributed by atoms with van der Waals surface area (Å²) in [6.07, 6.45) is 1.88. The van der Waals surface area contributed by atoms with Crippen LogP contribution in [0.4, 0.5) is 0 Å². The minimum Gasteiger partial charge on any atom is -0.368 e. The van der Waals surface area contributed by atoms with Crippen LogP contribution in [0.25, 0.3) is 0 Å². The molecule has 1 aliphatic rings. The van der Waals surface area contributed by atoms with E-state index in [1.54, 1.807) is 26.2 Å². The van der Waals surface area contributed by atoms with Gasteiger partial charge < -0.3 is 10.2 Å². The van der Waals surface area contributed by atoms with E-state index in [2.05, 4.69) is 5.32 Å². The Labute approximate surface area is 135 Å². The minimum atomic E-state index is -0.315. The standard InChI is InChI=1S/C15H20Cl2N2O2/c1-19(2)21-15(20)14(10-5-7-18-8-6-10)11-3-4-12(16)13(17)9-11/h3-4,9-10,14,18H,5-8H2,1-2H3. The molecule has 0 aliphatic carbocycles. The molecule has 4 nitrogen and oxygen atoms in total. The van der Waals surface area contributed by atoms with E-state index in [1.807, 2.05) is 6.07 Å². The highest BCUT2D eigenvalue weighted by molar-refractivity contribution is 6.42. The van der Waals surface area contributed by atoms with E-state index in [-0.39, 0.29) is 17.8 Å². The first kappa shape index (κ1) is 16.6. The van der Waals surface area contributed by atoms with Crippen LogP contribution in [0.3, 0.4) is 0 Å².